The monoisotopic (exact) mass is 269 g/mol. The van der Waals surface area contributed by atoms with Gasteiger partial charge in [0.15, 0.2) is 0 Å². The van der Waals surface area contributed by atoms with Crippen molar-refractivity contribution in [1.29, 1.82) is 0 Å². The molecular formula is C11H15N3O3S. The molecule has 0 bridgehead atoms. The van der Waals surface area contributed by atoms with Gasteiger partial charge in [-0.15, -0.1) is 11.8 Å². The van der Waals surface area contributed by atoms with E-state index in [1.54, 1.807) is 11.8 Å². The number of nitrogens with one attached hydrogen (secondary N) is 1. The van der Waals surface area contributed by atoms with Crippen molar-refractivity contribution in [3.05, 3.63) is 11.3 Å². The molecule has 0 radical (unpaired) electrons. The Bertz CT molecular complexity index is 445. The molecule has 1 amide bonds. The minimum Gasteiger partial charge on any atom is -0.477 e. The summed E-state index contributed by atoms with van der Waals surface area (Å²) in [7, 11) is 0. The average molecular weight is 269 g/mol. The number of nitrogens with zero attached hydrogens (tertiary/aromatic N) is 2. The van der Waals surface area contributed by atoms with E-state index >= 15 is 0 Å². The zero-order valence-corrected chi connectivity index (χ0v) is 10.9. The molecular weight excluding hydrogens is 254 g/mol. The molecule has 0 aromatic rings. The summed E-state index contributed by atoms with van der Waals surface area (Å²) >= 11 is 1.68. The fraction of sp³-hybridized carbons (Fsp3) is 0.636. The van der Waals surface area contributed by atoms with E-state index in [1.807, 2.05) is 6.92 Å². The van der Waals surface area contributed by atoms with Crippen LogP contribution >= 0.6 is 11.8 Å². The number of carbonyl (C=O) groups is 2. The largest absolute Gasteiger partial charge is 0.477 e. The minimum atomic E-state index is -0.997. The second-order valence-corrected chi connectivity index (χ2v) is 5.98. The number of carboxylic acid groups (broad SMARTS) is 1. The predicted molar refractivity (Wildman–Crippen MR) is 66.5 cm³/mol. The fourth-order valence-corrected chi connectivity index (χ4v) is 4.23. The summed E-state index contributed by atoms with van der Waals surface area (Å²) in [6.45, 7) is 4.45. The van der Waals surface area contributed by atoms with Gasteiger partial charge in [-0.3, -0.25) is 14.6 Å². The number of fused-ring (bicyclic) bond motifs is 1. The van der Waals surface area contributed by atoms with Gasteiger partial charge in [-0.1, -0.05) is 0 Å². The van der Waals surface area contributed by atoms with E-state index in [0.717, 1.165) is 25.3 Å². The summed E-state index contributed by atoms with van der Waals surface area (Å²) in [4.78, 5) is 26.6. The fourth-order valence-electron chi connectivity index (χ4n) is 2.68. The van der Waals surface area contributed by atoms with Gasteiger partial charge >= 0.3 is 5.97 Å². The molecule has 3 heterocycles. The maximum atomic E-state index is 11.5. The number of hydrogen-bond acceptors (Lipinski definition) is 5. The molecule has 1 unspecified atom stereocenters. The summed E-state index contributed by atoms with van der Waals surface area (Å²) in [5.74, 6) is -1.08. The lowest BCUT2D eigenvalue weighted by molar-refractivity contribution is -0.146. The molecule has 3 aliphatic heterocycles. The van der Waals surface area contributed by atoms with E-state index in [-0.39, 0.29) is 22.4 Å². The van der Waals surface area contributed by atoms with Crippen molar-refractivity contribution in [3.63, 3.8) is 0 Å². The first kappa shape index (κ1) is 12.0. The van der Waals surface area contributed by atoms with Crippen molar-refractivity contribution in [2.24, 2.45) is 0 Å². The summed E-state index contributed by atoms with van der Waals surface area (Å²) in [6.07, 6.45) is 0.451. The summed E-state index contributed by atoms with van der Waals surface area (Å²) in [5, 5.41) is 12.6. The van der Waals surface area contributed by atoms with Gasteiger partial charge in [-0.25, -0.2) is 4.79 Å². The van der Waals surface area contributed by atoms with E-state index in [0.29, 0.717) is 6.42 Å². The third kappa shape index (κ3) is 1.65. The summed E-state index contributed by atoms with van der Waals surface area (Å²) in [6, 6.07) is 0. The highest BCUT2D eigenvalue weighted by atomic mass is 32.2. The number of carboxylic acids is 1. The van der Waals surface area contributed by atoms with Crippen LogP contribution in [0.2, 0.25) is 0 Å². The third-order valence-electron chi connectivity index (χ3n) is 3.60. The molecule has 6 nitrogen and oxygen atoms in total. The maximum Gasteiger partial charge on any atom is 0.352 e. The van der Waals surface area contributed by atoms with Crippen molar-refractivity contribution < 1.29 is 14.7 Å². The highest BCUT2D eigenvalue weighted by Gasteiger charge is 2.48. The van der Waals surface area contributed by atoms with Crippen LogP contribution in [0.15, 0.2) is 11.3 Å². The SMILES string of the molecule is CC1=C(C(=O)O)N2C(=O)C[C@H]2SC1N1CCNC1. The number of β-lactam (4-membered cyclic amide) rings is 1. The van der Waals surface area contributed by atoms with Crippen molar-refractivity contribution in [3.8, 4) is 0 Å². The van der Waals surface area contributed by atoms with E-state index in [9.17, 15) is 14.7 Å². The van der Waals surface area contributed by atoms with Crippen LogP contribution in [0.3, 0.4) is 0 Å². The first-order chi connectivity index (χ1) is 8.59. The molecule has 0 aromatic heterocycles. The van der Waals surface area contributed by atoms with Crippen molar-refractivity contribution >= 4 is 23.6 Å². The van der Waals surface area contributed by atoms with Crippen LogP contribution < -0.4 is 5.32 Å². The normalized spacial score (nSPS) is 32.5. The molecule has 3 rings (SSSR count). The summed E-state index contributed by atoms with van der Waals surface area (Å²) in [5.41, 5.74) is 0.965. The van der Waals surface area contributed by atoms with Crippen LogP contribution in [-0.2, 0) is 9.59 Å². The number of amides is 1. The van der Waals surface area contributed by atoms with Gasteiger partial charge in [0.25, 0.3) is 0 Å². The highest BCUT2D eigenvalue weighted by Crippen LogP contribution is 2.44. The Kier molecular flexibility index (Phi) is 2.84. The Morgan fingerprint density at radius 3 is 2.89 bits per heavy atom. The Hall–Kier alpha value is -1.05. The molecule has 2 saturated heterocycles. The van der Waals surface area contributed by atoms with Crippen molar-refractivity contribution in [2.45, 2.75) is 24.1 Å². The Morgan fingerprint density at radius 1 is 1.56 bits per heavy atom. The number of aliphatic carboxylic acids is 1. The molecule has 2 fully saturated rings. The molecule has 7 heteroatoms. The zero-order valence-electron chi connectivity index (χ0n) is 10.0. The molecule has 0 aliphatic carbocycles. The zero-order chi connectivity index (χ0) is 12.9. The lowest BCUT2D eigenvalue weighted by Gasteiger charge is -2.47. The van der Waals surface area contributed by atoms with E-state index in [2.05, 4.69) is 10.2 Å². The maximum absolute atomic E-state index is 11.5. The quantitative estimate of drug-likeness (QED) is 0.679. The topological polar surface area (TPSA) is 72.9 Å². The van der Waals surface area contributed by atoms with Crippen LogP contribution in [0.5, 0.6) is 0 Å². The number of rotatable bonds is 2. The molecule has 0 aromatic carbocycles. The molecule has 18 heavy (non-hydrogen) atoms. The van der Waals surface area contributed by atoms with Gasteiger partial charge in [0.2, 0.25) is 5.91 Å². The number of hydrogen-bond donors (Lipinski definition) is 2. The highest BCUT2D eigenvalue weighted by molar-refractivity contribution is 8.00. The van der Waals surface area contributed by atoms with Crippen LogP contribution in [0.1, 0.15) is 13.3 Å². The van der Waals surface area contributed by atoms with Crippen LogP contribution in [0.25, 0.3) is 0 Å². The van der Waals surface area contributed by atoms with Crippen molar-refractivity contribution in [2.75, 3.05) is 19.8 Å². The summed E-state index contributed by atoms with van der Waals surface area (Å²) < 4.78 is 0. The van der Waals surface area contributed by atoms with Crippen LogP contribution in [-0.4, -0.2) is 57.3 Å². The molecule has 98 valence electrons. The number of thioether (sulfide) groups is 1. The van der Waals surface area contributed by atoms with Gasteiger partial charge in [0, 0.05) is 19.8 Å². The molecule has 2 N–H and O–H groups in total. The van der Waals surface area contributed by atoms with E-state index in [1.165, 1.54) is 4.90 Å². The first-order valence-electron chi connectivity index (χ1n) is 5.96. The van der Waals surface area contributed by atoms with Crippen LogP contribution in [0, 0.1) is 0 Å². The van der Waals surface area contributed by atoms with Gasteiger partial charge < -0.3 is 10.4 Å². The van der Waals surface area contributed by atoms with Gasteiger partial charge in [0.05, 0.1) is 17.2 Å². The van der Waals surface area contributed by atoms with Crippen molar-refractivity contribution in [1.82, 2.24) is 15.1 Å². The predicted octanol–water partition coefficient (Wildman–Crippen LogP) is -0.161. The molecule has 2 atom stereocenters. The van der Waals surface area contributed by atoms with Gasteiger partial charge in [-0.05, 0) is 12.5 Å². The Morgan fingerprint density at radius 2 is 2.33 bits per heavy atom. The number of carbonyl (C=O) groups excluding carboxylic acids is 1. The second-order valence-electron chi connectivity index (χ2n) is 4.72. The lowest BCUT2D eigenvalue weighted by atomic mass is 10.1. The third-order valence-corrected chi connectivity index (χ3v) is 5.20. The molecule has 3 aliphatic rings. The van der Waals surface area contributed by atoms with E-state index in [4.69, 9.17) is 0 Å². The van der Waals surface area contributed by atoms with Crippen LogP contribution in [0.4, 0.5) is 0 Å². The molecule has 0 spiro atoms. The minimum absolute atomic E-state index is 0.00194. The Balaban J connectivity index is 1.95. The van der Waals surface area contributed by atoms with E-state index < -0.39 is 5.97 Å². The molecule has 0 saturated carbocycles. The Labute approximate surface area is 109 Å². The first-order valence-corrected chi connectivity index (χ1v) is 6.90. The average Bonchev–Trinajstić information content (AvgIpc) is 2.82. The second kappa shape index (κ2) is 4.25. The van der Waals surface area contributed by atoms with Gasteiger partial charge in [-0.2, -0.15) is 0 Å². The van der Waals surface area contributed by atoms with Gasteiger partial charge in [0.1, 0.15) is 5.70 Å². The smallest absolute Gasteiger partial charge is 0.352 e. The lowest BCUT2D eigenvalue weighted by Crippen LogP contribution is -2.56. The standard InChI is InChI=1S/C11H15N3O3S/c1-6-9(11(16)17)14-7(15)4-8(14)18-10(6)13-3-2-12-5-13/h8,10,12H,2-5H2,1H3,(H,16,17)/t8-,10?/m1/s1.